The largest absolute Gasteiger partial charge is 0.478 e. The fourth-order valence-electron chi connectivity index (χ4n) is 1.24. The highest BCUT2D eigenvalue weighted by molar-refractivity contribution is 5.96. The Morgan fingerprint density at radius 2 is 1.89 bits per heavy atom. The number of benzene rings is 1. The van der Waals surface area contributed by atoms with Crippen molar-refractivity contribution in [2.45, 2.75) is 6.18 Å². The summed E-state index contributed by atoms with van der Waals surface area (Å²) >= 11 is 0. The average Bonchev–Trinajstić information content (AvgIpc) is 2.24. The lowest BCUT2D eigenvalue weighted by molar-refractivity contribution is -0.137. The SMILES string of the molecule is NC(=O)C=Cc1ccc(C(F)(F)F)cc1C(=O)O. The van der Waals surface area contributed by atoms with E-state index in [4.69, 9.17) is 10.8 Å². The molecule has 0 fully saturated rings. The van der Waals surface area contributed by atoms with Crippen molar-refractivity contribution in [3.05, 3.63) is 41.0 Å². The molecule has 3 N–H and O–H groups in total. The Hall–Kier alpha value is -2.31. The number of carboxylic acids is 1. The number of alkyl halides is 3. The lowest BCUT2D eigenvalue weighted by Crippen LogP contribution is -2.09. The average molecular weight is 259 g/mol. The maximum Gasteiger partial charge on any atom is 0.416 e. The van der Waals surface area contributed by atoms with Gasteiger partial charge in [0.05, 0.1) is 11.1 Å². The van der Waals surface area contributed by atoms with Gasteiger partial charge in [-0.25, -0.2) is 4.79 Å². The van der Waals surface area contributed by atoms with Crippen molar-refractivity contribution in [1.82, 2.24) is 0 Å². The van der Waals surface area contributed by atoms with Crippen molar-refractivity contribution in [2.75, 3.05) is 0 Å². The molecule has 18 heavy (non-hydrogen) atoms. The molecule has 0 spiro atoms. The van der Waals surface area contributed by atoms with E-state index in [1.807, 2.05) is 0 Å². The lowest BCUT2D eigenvalue weighted by atomic mass is 10.0. The predicted octanol–water partition coefficient (Wildman–Crippen LogP) is 1.90. The molecule has 0 heterocycles. The molecule has 4 nitrogen and oxygen atoms in total. The van der Waals surface area contributed by atoms with Crippen LogP contribution in [0.25, 0.3) is 6.08 Å². The van der Waals surface area contributed by atoms with E-state index in [2.05, 4.69) is 0 Å². The summed E-state index contributed by atoms with van der Waals surface area (Å²) in [6, 6.07) is 2.20. The third-order valence-corrected chi connectivity index (χ3v) is 2.04. The van der Waals surface area contributed by atoms with Gasteiger partial charge in [-0.1, -0.05) is 6.07 Å². The van der Waals surface area contributed by atoms with E-state index in [0.717, 1.165) is 24.3 Å². The number of halogens is 3. The lowest BCUT2D eigenvalue weighted by Gasteiger charge is -2.09. The molecule has 0 aliphatic rings. The molecule has 1 rings (SSSR count). The number of aromatic carboxylic acids is 1. The van der Waals surface area contributed by atoms with Gasteiger partial charge in [-0.15, -0.1) is 0 Å². The summed E-state index contributed by atoms with van der Waals surface area (Å²) in [7, 11) is 0. The first kappa shape index (κ1) is 13.8. The smallest absolute Gasteiger partial charge is 0.416 e. The Morgan fingerprint density at radius 3 is 2.33 bits per heavy atom. The molecular weight excluding hydrogens is 251 g/mol. The van der Waals surface area contributed by atoms with Crippen LogP contribution in [-0.4, -0.2) is 17.0 Å². The van der Waals surface area contributed by atoms with Gasteiger partial charge in [-0.05, 0) is 23.8 Å². The Bertz CT molecular complexity index is 521. The zero-order valence-electron chi connectivity index (χ0n) is 8.86. The highest BCUT2D eigenvalue weighted by atomic mass is 19.4. The maximum absolute atomic E-state index is 12.4. The van der Waals surface area contributed by atoms with E-state index >= 15 is 0 Å². The molecule has 0 aliphatic carbocycles. The van der Waals surface area contributed by atoms with Crippen molar-refractivity contribution in [1.29, 1.82) is 0 Å². The van der Waals surface area contributed by atoms with Crippen molar-refractivity contribution in [3.8, 4) is 0 Å². The number of hydrogen-bond donors (Lipinski definition) is 2. The molecule has 0 unspecified atom stereocenters. The molecule has 0 aliphatic heterocycles. The molecule has 0 bridgehead atoms. The third-order valence-electron chi connectivity index (χ3n) is 2.04. The van der Waals surface area contributed by atoms with Crippen LogP contribution >= 0.6 is 0 Å². The fourth-order valence-corrected chi connectivity index (χ4v) is 1.24. The minimum absolute atomic E-state index is 0.0331. The molecule has 0 radical (unpaired) electrons. The number of carbonyl (C=O) groups excluding carboxylic acids is 1. The topological polar surface area (TPSA) is 80.4 Å². The number of rotatable bonds is 3. The number of carbonyl (C=O) groups is 2. The van der Waals surface area contributed by atoms with Crippen molar-refractivity contribution in [2.24, 2.45) is 5.73 Å². The zero-order valence-corrected chi connectivity index (χ0v) is 8.86. The number of amides is 1. The number of nitrogens with two attached hydrogens (primary N) is 1. The van der Waals surface area contributed by atoms with Crippen LogP contribution in [-0.2, 0) is 11.0 Å². The van der Waals surface area contributed by atoms with Crippen LogP contribution in [0.3, 0.4) is 0 Å². The number of primary amides is 1. The minimum Gasteiger partial charge on any atom is -0.478 e. The highest BCUT2D eigenvalue weighted by Crippen LogP contribution is 2.30. The highest BCUT2D eigenvalue weighted by Gasteiger charge is 2.31. The summed E-state index contributed by atoms with van der Waals surface area (Å²) in [4.78, 5) is 21.3. The minimum atomic E-state index is -4.63. The Labute approximate surface area is 99.5 Å². The second-order valence-electron chi connectivity index (χ2n) is 3.34. The summed E-state index contributed by atoms with van der Waals surface area (Å²) in [6.45, 7) is 0. The van der Waals surface area contributed by atoms with Gasteiger partial charge in [0.1, 0.15) is 0 Å². The normalized spacial score (nSPS) is 11.7. The third kappa shape index (κ3) is 3.34. The van der Waals surface area contributed by atoms with Gasteiger partial charge in [0.2, 0.25) is 5.91 Å². The van der Waals surface area contributed by atoms with Crippen molar-refractivity contribution >= 4 is 18.0 Å². The number of carboxylic acid groups (broad SMARTS) is 1. The summed E-state index contributed by atoms with van der Waals surface area (Å²) in [6.07, 6.45) is -2.71. The number of hydrogen-bond acceptors (Lipinski definition) is 2. The summed E-state index contributed by atoms with van der Waals surface area (Å²) < 4.78 is 37.2. The quantitative estimate of drug-likeness (QED) is 0.813. The van der Waals surface area contributed by atoms with Crippen LogP contribution in [0.5, 0.6) is 0 Å². The second kappa shape index (κ2) is 4.91. The van der Waals surface area contributed by atoms with E-state index in [1.165, 1.54) is 0 Å². The van der Waals surface area contributed by atoms with Gasteiger partial charge in [0.15, 0.2) is 0 Å². The molecular formula is C11H8F3NO3. The molecule has 1 aromatic carbocycles. The summed E-state index contributed by atoms with van der Waals surface area (Å²) in [5.41, 5.74) is 3.15. The molecule has 1 amide bonds. The van der Waals surface area contributed by atoms with Gasteiger partial charge in [0, 0.05) is 6.08 Å². The van der Waals surface area contributed by atoms with Gasteiger partial charge < -0.3 is 10.8 Å². The summed E-state index contributed by atoms with van der Waals surface area (Å²) in [5, 5.41) is 8.80. The first-order valence-electron chi connectivity index (χ1n) is 4.64. The van der Waals surface area contributed by atoms with Gasteiger partial charge in [0.25, 0.3) is 0 Å². The first-order valence-corrected chi connectivity index (χ1v) is 4.64. The second-order valence-corrected chi connectivity index (χ2v) is 3.34. The van der Waals surface area contributed by atoms with Gasteiger partial charge in [-0.2, -0.15) is 13.2 Å². The zero-order chi connectivity index (χ0) is 13.9. The fraction of sp³-hybridized carbons (Fsp3) is 0.0909. The van der Waals surface area contributed by atoms with E-state index in [0.29, 0.717) is 6.07 Å². The molecule has 96 valence electrons. The van der Waals surface area contributed by atoms with Crippen LogP contribution in [0.15, 0.2) is 24.3 Å². The van der Waals surface area contributed by atoms with Crippen LogP contribution in [0.1, 0.15) is 21.5 Å². The Morgan fingerprint density at radius 1 is 1.28 bits per heavy atom. The molecule has 1 aromatic rings. The van der Waals surface area contributed by atoms with Crippen LogP contribution in [0.4, 0.5) is 13.2 Å². The van der Waals surface area contributed by atoms with Crippen LogP contribution < -0.4 is 5.73 Å². The van der Waals surface area contributed by atoms with Crippen LogP contribution in [0.2, 0.25) is 0 Å². The van der Waals surface area contributed by atoms with Crippen LogP contribution in [0, 0.1) is 0 Å². The molecule has 0 atom stereocenters. The van der Waals surface area contributed by atoms with Gasteiger partial charge in [-0.3, -0.25) is 4.79 Å². The van der Waals surface area contributed by atoms with Gasteiger partial charge >= 0.3 is 12.1 Å². The van der Waals surface area contributed by atoms with E-state index < -0.39 is 29.2 Å². The summed E-state index contributed by atoms with van der Waals surface area (Å²) in [5.74, 6) is -2.35. The predicted molar refractivity (Wildman–Crippen MR) is 56.6 cm³/mol. The van der Waals surface area contributed by atoms with E-state index in [1.54, 1.807) is 0 Å². The Kier molecular flexibility index (Phi) is 3.75. The monoisotopic (exact) mass is 259 g/mol. The van der Waals surface area contributed by atoms with Crippen molar-refractivity contribution < 1.29 is 27.9 Å². The van der Waals surface area contributed by atoms with E-state index in [-0.39, 0.29) is 5.56 Å². The molecule has 7 heteroatoms. The standard InChI is InChI=1S/C11H8F3NO3/c12-11(13,14)7-3-1-6(2-4-9(15)16)8(5-7)10(17)18/h1-5H,(H2,15,16)(H,17,18). The first-order chi connectivity index (χ1) is 8.21. The molecule has 0 saturated heterocycles. The van der Waals surface area contributed by atoms with E-state index in [9.17, 15) is 22.8 Å². The molecule has 0 saturated carbocycles. The molecule has 0 aromatic heterocycles. The Balaban J connectivity index is 3.30. The van der Waals surface area contributed by atoms with Crippen molar-refractivity contribution in [3.63, 3.8) is 0 Å². The maximum atomic E-state index is 12.4.